The Kier molecular flexibility index (Phi) is 7.71. The minimum atomic E-state index is -4.01. The number of carbonyl (C=O) groups excluding carboxylic acids is 1. The number of nitrogens with one attached hydrogen (secondary N) is 1. The third-order valence-electron chi connectivity index (χ3n) is 4.55. The zero-order valence-corrected chi connectivity index (χ0v) is 17.4. The first-order chi connectivity index (χ1) is 13.3. The van der Waals surface area contributed by atoms with Crippen LogP contribution in [0.15, 0.2) is 47.4 Å². The highest BCUT2D eigenvalue weighted by Gasteiger charge is 2.27. The molecule has 5 nitrogen and oxygen atoms in total. The number of rotatable bonds is 9. The van der Waals surface area contributed by atoms with Gasteiger partial charge in [0.25, 0.3) is 5.91 Å². The van der Waals surface area contributed by atoms with E-state index in [9.17, 15) is 17.6 Å². The molecule has 0 aromatic heterocycles. The van der Waals surface area contributed by atoms with E-state index in [0.29, 0.717) is 18.7 Å². The molecule has 1 N–H and O–H groups in total. The first-order valence-electron chi connectivity index (χ1n) is 9.53. The van der Waals surface area contributed by atoms with Crippen molar-refractivity contribution in [1.29, 1.82) is 0 Å². The van der Waals surface area contributed by atoms with E-state index < -0.39 is 26.6 Å². The van der Waals surface area contributed by atoms with Crippen molar-refractivity contribution in [1.82, 2.24) is 4.31 Å². The Hall–Kier alpha value is -2.25. The van der Waals surface area contributed by atoms with Crippen molar-refractivity contribution >= 4 is 21.6 Å². The van der Waals surface area contributed by atoms with Gasteiger partial charge in [0.05, 0.1) is 0 Å². The number of carbonyl (C=O) groups is 1. The average molecular weight is 407 g/mol. The Bertz CT molecular complexity index is 912. The van der Waals surface area contributed by atoms with E-state index >= 15 is 0 Å². The van der Waals surface area contributed by atoms with Gasteiger partial charge in [-0.05, 0) is 48.7 Å². The molecular formula is C21H27FN2O3S. The Labute approximate surface area is 166 Å². The predicted octanol–water partition coefficient (Wildman–Crippen LogP) is 4.45. The van der Waals surface area contributed by atoms with Gasteiger partial charge in [0.15, 0.2) is 0 Å². The topological polar surface area (TPSA) is 66.5 Å². The first kappa shape index (κ1) is 22.0. The molecule has 0 aliphatic heterocycles. The number of nitrogens with zero attached hydrogens (tertiary/aromatic N) is 1. The monoisotopic (exact) mass is 406 g/mol. The van der Waals surface area contributed by atoms with Gasteiger partial charge in [-0.25, -0.2) is 12.8 Å². The Balaban J connectivity index is 2.29. The molecule has 2 aromatic rings. The number of amides is 1. The molecule has 2 rings (SSSR count). The third-order valence-corrected chi connectivity index (χ3v) is 6.53. The summed E-state index contributed by atoms with van der Waals surface area (Å²) in [6, 6.07) is 10.8. The fourth-order valence-electron chi connectivity index (χ4n) is 2.79. The summed E-state index contributed by atoms with van der Waals surface area (Å²) >= 11 is 0. The molecule has 0 atom stereocenters. The molecule has 2 aromatic carbocycles. The Morgan fingerprint density at radius 2 is 1.75 bits per heavy atom. The van der Waals surface area contributed by atoms with Crippen molar-refractivity contribution in [3.63, 3.8) is 0 Å². The molecule has 0 spiro atoms. The number of halogens is 1. The Morgan fingerprint density at radius 3 is 2.32 bits per heavy atom. The molecule has 0 fully saturated rings. The van der Waals surface area contributed by atoms with Crippen LogP contribution < -0.4 is 5.32 Å². The van der Waals surface area contributed by atoms with E-state index in [1.165, 1.54) is 10.4 Å². The molecule has 0 bridgehead atoms. The number of unbranched alkanes of at least 4 members (excludes halogenated alkanes) is 1. The van der Waals surface area contributed by atoms with Gasteiger partial charge in [-0.15, -0.1) is 0 Å². The quantitative estimate of drug-likeness (QED) is 0.669. The SMILES string of the molecule is CCCCN(CC)S(=O)(=O)c1cc(C(=O)Nc2ccc(CC)cc2)ccc1F. The zero-order valence-electron chi connectivity index (χ0n) is 16.5. The first-order valence-corrected chi connectivity index (χ1v) is 11.0. The summed E-state index contributed by atoms with van der Waals surface area (Å²) in [5, 5.41) is 2.72. The molecule has 0 saturated carbocycles. The van der Waals surface area contributed by atoms with Crippen molar-refractivity contribution < 1.29 is 17.6 Å². The van der Waals surface area contributed by atoms with E-state index in [4.69, 9.17) is 0 Å². The molecule has 28 heavy (non-hydrogen) atoms. The van der Waals surface area contributed by atoms with Gasteiger partial charge < -0.3 is 5.32 Å². The Morgan fingerprint density at radius 1 is 1.07 bits per heavy atom. The van der Waals surface area contributed by atoms with Gasteiger partial charge in [-0.1, -0.05) is 39.3 Å². The maximum atomic E-state index is 14.3. The van der Waals surface area contributed by atoms with Gasteiger partial charge in [0.2, 0.25) is 10.0 Å². The van der Waals surface area contributed by atoms with Crippen LogP contribution in [0.1, 0.15) is 49.5 Å². The summed E-state index contributed by atoms with van der Waals surface area (Å²) in [4.78, 5) is 12.1. The maximum absolute atomic E-state index is 14.3. The lowest BCUT2D eigenvalue weighted by molar-refractivity contribution is 0.102. The molecule has 0 unspecified atom stereocenters. The molecule has 7 heteroatoms. The van der Waals surface area contributed by atoms with Crippen LogP contribution in [0, 0.1) is 5.82 Å². The third kappa shape index (κ3) is 5.17. The summed E-state index contributed by atoms with van der Waals surface area (Å²) in [6.45, 7) is 6.26. The minimum Gasteiger partial charge on any atom is -0.322 e. The lowest BCUT2D eigenvalue weighted by atomic mass is 10.1. The highest BCUT2D eigenvalue weighted by molar-refractivity contribution is 7.89. The van der Waals surface area contributed by atoms with Gasteiger partial charge in [-0.2, -0.15) is 4.31 Å². The van der Waals surface area contributed by atoms with Crippen LogP contribution in [-0.2, 0) is 16.4 Å². The van der Waals surface area contributed by atoms with Crippen LogP contribution in [0.2, 0.25) is 0 Å². The second kappa shape index (κ2) is 9.80. The van der Waals surface area contributed by atoms with Gasteiger partial charge >= 0.3 is 0 Å². The van der Waals surface area contributed by atoms with Crippen LogP contribution in [0.5, 0.6) is 0 Å². The second-order valence-corrected chi connectivity index (χ2v) is 8.41. The number of hydrogen-bond donors (Lipinski definition) is 1. The number of benzene rings is 2. The molecule has 1 amide bonds. The summed E-state index contributed by atoms with van der Waals surface area (Å²) in [6.07, 6.45) is 2.40. The molecule has 0 radical (unpaired) electrons. The number of hydrogen-bond acceptors (Lipinski definition) is 3. The van der Waals surface area contributed by atoms with Crippen LogP contribution in [0.4, 0.5) is 10.1 Å². The van der Waals surface area contributed by atoms with Crippen molar-refractivity contribution in [2.24, 2.45) is 0 Å². The fourth-order valence-corrected chi connectivity index (χ4v) is 4.37. The fraction of sp³-hybridized carbons (Fsp3) is 0.381. The summed E-state index contributed by atoms with van der Waals surface area (Å²) in [5.41, 5.74) is 1.82. The van der Waals surface area contributed by atoms with Crippen LogP contribution >= 0.6 is 0 Å². The number of aryl methyl sites for hydroxylation is 1. The average Bonchev–Trinajstić information content (AvgIpc) is 2.69. The minimum absolute atomic E-state index is 0.0890. The lowest BCUT2D eigenvalue weighted by Gasteiger charge is -2.21. The van der Waals surface area contributed by atoms with Gasteiger partial charge in [0, 0.05) is 24.3 Å². The van der Waals surface area contributed by atoms with Gasteiger partial charge in [0.1, 0.15) is 10.7 Å². The highest BCUT2D eigenvalue weighted by Crippen LogP contribution is 2.22. The van der Waals surface area contributed by atoms with Gasteiger partial charge in [-0.3, -0.25) is 4.79 Å². The van der Waals surface area contributed by atoms with E-state index in [2.05, 4.69) is 5.32 Å². The summed E-state index contributed by atoms with van der Waals surface area (Å²) in [5.74, 6) is -1.35. The van der Waals surface area contributed by atoms with Crippen molar-refractivity contribution in [3.05, 3.63) is 59.4 Å². The van der Waals surface area contributed by atoms with E-state index in [0.717, 1.165) is 30.5 Å². The van der Waals surface area contributed by atoms with Crippen LogP contribution in [0.25, 0.3) is 0 Å². The smallest absolute Gasteiger partial charge is 0.255 e. The largest absolute Gasteiger partial charge is 0.322 e. The van der Waals surface area contributed by atoms with E-state index in [-0.39, 0.29) is 12.1 Å². The number of anilines is 1. The van der Waals surface area contributed by atoms with Crippen molar-refractivity contribution in [2.45, 2.75) is 44.9 Å². The van der Waals surface area contributed by atoms with E-state index in [1.807, 2.05) is 26.0 Å². The maximum Gasteiger partial charge on any atom is 0.255 e. The van der Waals surface area contributed by atoms with Crippen molar-refractivity contribution in [3.8, 4) is 0 Å². The molecule has 0 saturated heterocycles. The normalized spacial score (nSPS) is 11.6. The standard InChI is InChI=1S/C21H27FN2O3S/c1-4-7-14-24(6-3)28(26,27)20-15-17(10-13-19(20)22)21(25)23-18-11-8-16(5-2)9-12-18/h8-13,15H,4-7,14H2,1-3H3,(H,23,25). The van der Waals surface area contributed by atoms with Crippen molar-refractivity contribution in [2.75, 3.05) is 18.4 Å². The molecule has 0 aliphatic carbocycles. The predicted molar refractivity (Wildman–Crippen MR) is 110 cm³/mol. The number of sulfonamides is 1. The molecule has 152 valence electrons. The highest BCUT2D eigenvalue weighted by atomic mass is 32.2. The second-order valence-electron chi connectivity index (χ2n) is 6.50. The van der Waals surface area contributed by atoms with Crippen LogP contribution in [-0.4, -0.2) is 31.7 Å². The van der Waals surface area contributed by atoms with E-state index in [1.54, 1.807) is 19.1 Å². The van der Waals surface area contributed by atoms with Crippen LogP contribution in [0.3, 0.4) is 0 Å². The summed E-state index contributed by atoms with van der Waals surface area (Å²) < 4.78 is 41.3. The summed E-state index contributed by atoms with van der Waals surface area (Å²) in [7, 11) is -4.01. The molecule has 0 aliphatic rings. The zero-order chi connectivity index (χ0) is 20.7. The molecular weight excluding hydrogens is 379 g/mol. The molecule has 0 heterocycles. The lowest BCUT2D eigenvalue weighted by Crippen LogP contribution is -2.32.